The van der Waals surface area contributed by atoms with Crippen molar-refractivity contribution in [1.82, 2.24) is 9.88 Å². The lowest BCUT2D eigenvalue weighted by Gasteiger charge is -2.40. The van der Waals surface area contributed by atoms with Gasteiger partial charge in [0.05, 0.1) is 0 Å². The molecular formula is C17H29N3. The molecule has 1 aliphatic carbocycles. The average Bonchev–Trinajstić information content (AvgIpc) is 2.48. The Morgan fingerprint density at radius 3 is 2.35 bits per heavy atom. The van der Waals surface area contributed by atoms with Crippen LogP contribution in [0, 0.1) is 5.92 Å². The minimum atomic E-state index is 0.131. The van der Waals surface area contributed by atoms with Crippen LogP contribution >= 0.6 is 0 Å². The van der Waals surface area contributed by atoms with Gasteiger partial charge in [0.1, 0.15) is 0 Å². The zero-order valence-corrected chi connectivity index (χ0v) is 13.1. The summed E-state index contributed by atoms with van der Waals surface area (Å²) >= 11 is 0. The summed E-state index contributed by atoms with van der Waals surface area (Å²) in [6.07, 6.45) is 10.4. The monoisotopic (exact) mass is 275 g/mol. The van der Waals surface area contributed by atoms with Crippen LogP contribution in [0.5, 0.6) is 0 Å². The molecule has 0 aromatic carbocycles. The molecule has 3 heteroatoms. The lowest BCUT2D eigenvalue weighted by Crippen LogP contribution is -2.44. The van der Waals surface area contributed by atoms with E-state index in [4.69, 9.17) is 5.73 Å². The van der Waals surface area contributed by atoms with Crippen molar-refractivity contribution in [1.29, 1.82) is 0 Å². The molecule has 3 nitrogen and oxygen atoms in total. The van der Waals surface area contributed by atoms with Gasteiger partial charge in [-0.25, -0.2) is 0 Å². The lowest BCUT2D eigenvalue weighted by molar-refractivity contribution is 0.107. The van der Waals surface area contributed by atoms with Crippen LogP contribution in [0.15, 0.2) is 24.5 Å². The molecule has 2 unspecified atom stereocenters. The first-order chi connectivity index (χ1) is 9.63. The van der Waals surface area contributed by atoms with Gasteiger partial charge in [0.15, 0.2) is 0 Å². The maximum absolute atomic E-state index is 6.27. The molecule has 0 saturated heterocycles. The van der Waals surface area contributed by atoms with E-state index in [0.717, 1.165) is 5.92 Å². The summed E-state index contributed by atoms with van der Waals surface area (Å²) < 4.78 is 0. The SMILES string of the molecule is CCC1CCC(N(C)C(c2ccncc2)C(C)N)CC1. The summed E-state index contributed by atoms with van der Waals surface area (Å²) in [6.45, 7) is 4.43. The van der Waals surface area contributed by atoms with Gasteiger partial charge in [-0.05, 0) is 63.3 Å². The molecule has 1 aromatic rings. The van der Waals surface area contributed by atoms with Crippen molar-refractivity contribution in [2.75, 3.05) is 7.05 Å². The zero-order valence-electron chi connectivity index (χ0n) is 13.1. The highest BCUT2D eigenvalue weighted by Crippen LogP contribution is 2.33. The molecule has 0 aliphatic heterocycles. The van der Waals surface area contributed by atoms with E-state index in [1.165, 1.54) is 37.7 Å². The molecule has 0 bridgehead atoms. The zero-order chi connectivity index (χ0) is 14.5. The van der Waals surface area contributed by atoms with Gasteiger partial charge >= 0.3 is 0 Å². The normalized spacial score (nSPS) is 26.4. The number of nitrogens with zero attached hydrogens (tertiary/aromatic N) is 2. The highest BCUT2D eigenvalue weighted by atomic mass is 15.2. The Labute approximate surface area is 123 Å². The predicted molar refractivity (Wildman–Crippen MR) is 84.4 cm³/mol. The van der Waals surface area contributed by atoms with Gasteiger partial charge in [-0.2, -0.15) is 0 Å². The highest BCUT2D eigenvalue weighted by Gasteiger charge is 2.29. The smallest absolute Gasteiger partial charge is 0.0497 e. The Morgan fingerprint density at radius 1 is 1.25 bits per heavy atom. The van der Waals surface area contributed by atoms with E-state index < -0.39 is 0 Å². The molecule has 2 rings (SSSR count). The third kappa shape index (κ3) is 3.58. The fraction of sp³-hybridized carbons (Fsp3) is 0.706. The van der Waals surface area contributed by atoms with Gasteiger partial charge in [0.2, 0.25) is 0 Å². The van der Waals surface area contributed by atoms with Gasteiger partial charge in [-0.3, -0.25) is 9.88 Å². The lowest BCUT2D eigenvalue weighted by atomic mass is 9.83. The summed E-state index contributed by atoms with van der Waals surface area (Å²) in [4.78, 5) is 6.63. The number of hydrogen-bond donors (Lipinski definition) is 1. The first-order valence-electron chi connectivity index (χ1n) is 8.01. The van der Waals surface area contributed by atoms with E-state index in [-0.39, 0.29) is 6.04 Å². The summed E-state index contributed by atoms with van der Waals surface area (Å²) in [6, 6.07) is 5.29. The fourth-order valence-electron chi connectivity index (χ4n) is 3.66. The molecule has 1 fully saturated rings. The second kappa shape index (κ2) is 7.19. The van der Waals surface area contributed by atoms with Gasteiger partial charge < -0.3 is 5.73 Å². The van der Waals surface area contributed by atoms with Crippen LogP contribution in [0.25, 0.3) is 0 Å². The standard InChI is InChI=1S/C17H29N3/c1-4-14-5-7-16(8-6-14)20(3)17(13(2)18)15-9-11-19-12-10-15/h9-14,16-17H,4-8,18H2,1-3H3. The second-order valence-electron chi connectivity index (χ2n) is 6.33. The van der Waals surface area contributed by atoms with E-state index in [0.29, 0.717) is 12.1 Å². The quantitative estimate of drug-likeness (QED) is 0.896. The van der Waals surface area contributed by atoms with Crippen molar-refractivity contribution < 1.29 is 0 Å². The van der Waals surface area contributed by atoms with Crippen molar-refractivity contribution in [2.24, 2.45) is 11.7 Å². The number of nitrogens with two attached hydrogens (primary N) is 1. The van der Waals surface area contributed by atoms with Gasteiger partial charge in [-0.15, -0.1) is 0 Å². The second-order valence-corrected chi connectivity index (χ2v) is 6.33. The molecule has 2 N–H and O–H groups in total. The van der Waals surface area contributed by atoms with Crippen molar-refractivity contribution in [3.63, 3.8) is 0 Å². The van der Waals surface area contributed by atoms with E-state index >= 15 is 0 Å². The first-order valence-corrected chi connectivity index (χ1v) is 8.01. The molecule has 0 amide bonds. The molecule has 1 aromatic heterocycles. The molecule has 0 radical (unpaired) electrons. The van der Waals surface area contributed by atoms with Crippen LogP contribution in [0.2, 0.25) is 0 Å². The summed E-state index contributed by atoms with van der Waals surface area (Å²) in [5, 5.41) is 0. The summed E-state index contributed by atoms with van der Waals surface area (Å²) in [7, 11) is 2.24. The third-order valence-corrected chi connectivity index (χ3v) is 4.95. The van der Waals surface area contributed by atoms with Gasteiger partial charge in [0, 0.05) is 30.5 Å². The largest absolute Gasteiger partial charge is 0.326 e. The van der Waals surface area contributed by atoms with Gasteiger partial charge in [0.25, 0.3) is 0 Å². The van der Waals surface area contributed by atoms with Crippen LogP contribution in [0.3, 0.4) is 0 Å². The number of aromatic nitrogens is 1. The Balaban J connectivity index is 2.07. The van der Waals surface area contributed by atoms with Gasteiger partial charge in [-0.1, -0.05) is 13.3 Å². The molecular weight excluding hydrogens is 246 g/mol. The van der Waals surface area contributed by atoms with Crippen LogP contribution < -0.4 is 5.73 Å². The number of likely N-dealkylation sites (N-methyl/N-ethyl adjacent to an activating group) is 1. The maximum Gasteiger partial charge on any atom is 0.0497 e. The minimum absolute atomic E-state index is 0.131. The van der Waals surface area contributed by atoms with E-state index in [9.17, 15) is 0 Å². The fourth-order valence-corrected chi connectivity index (χ4v) is 3.66. The average molecular weight is 275 g/mol. The molecule has 1 heterocycles. The topological polar surface area (TPSA) is 42.2 Å². The Hall–Kier alpha value is -0.930. The summed E-state index contributed by atoms with van der Waals surface area (Å²) in [5.41, 5.74) is 7.55. The highest BCUT2D eigenvalue weighted by molar-refractivity contribution is 5.17. The van der Waals surface area contributed by atoms with E-state index in [2.05, 4.69) is 42.9 Å². The van der Waals surface area contributed by atoms with Crippen molar-refractivity contribution >= 4 is 0 Å². The Bertz CT molecular complexity index is 382. The number of rotatable bonds is 5. The Morgan fingerprint density at radius 2 is 1.85 bits per heavy atom. The molecule has 1 aliphatic rings. The first kappa shape index (κ1) is 15.5. The van der Waals surface area contributed by atoms with E-state index in [1.54, 1.807) is 0 Å². The molecule has 0 spiro atoms. The number of hydrogen-bond acceptors (Lipinski definition) is 3. The van der Waals surface area contributed by atoms with Crippen LogP contribution in [-0.2, 0) is 0 Å². The third-order valence-electron chi connectivity index (χ3n) is 4.95. The van der Waals surface area contributed by atoms with Crippen molar-refractivity contribution in [3.05, 3.63) is 30.1 Å². The van der Waals surface area contributed by atoms with Crippen molar-refractivity contribution in [2.45, 2.75) is 64.1 Å². The minimum Gasteiger partial charge on any atom is -0.326 e. The predicted octanol–water partition coefficient (Wildman–Crippen LogP) is 3.37. The molecule has 20 heavy (non-hydrogen) atoms. The molecule has 2 atom stereocenters. The summed E-state index contributed by atoms with van der Waals surface area (Å²) in [5.74, 6) is 0.939. The Kier molecular flexibility index (Phi) is 5.55. The van der Waals surface area contributed by atoms with Crippen LogP contribution in [0.1, 0.15) is 57.6 Å². The number of pyridine rings is 1. The van der Waals surface area contributed by atoms with Crippen molar-refractivity contribution in [3.8, 4) is 0 Å². The van der Waals surface area contributed by atoms with Crippen LogP contribution in [0.4, 0.5) is 0 Å². The molecule has 1 saturated carbocycles. The molecule has 112 valence electrons. The van der Waals surface area contributed by atoms with E-state index in [1.807, 2.05) is 12.4 Å². The van der Waals surface area contributed by atoms with Crippen LogP contribution in [-0.4, -0.2) is 29.0 Å². The maximum atomic E-state index is 6.27.